The third kappa shape index (κ3) is 4.63. The maximum Gasteiger partial charge on any atom is 0.316 e. The Balaban J connectivity index is 1.27. The molecule has 6 heteroatoms. The number of amides is 1. The molecule has 1 aromatic rings. The molecular formula is C27H36N3O3+. The van der Waals surface area contributed by atoms with Crippen LogP contribution >= 0.6 is 0 Å². The first kappa shape index (κ1) is 22.3. The second-order valence-corrected chi connectivity index (χ2v) is 10.5. The molecule has 0 unspecified atom stereocenters. The number of anilines is 1. The van der Waals surface area contributed by atoms with Crippen LogP contribution < -0.4 is 5.32 Å². The number of aromatic nitrogens is 1. The Morgan fingerprint density at radius 3 is 2.61 bits per heavy atom. The Morgan fingerprint density at radius 1 is 1.15 bits per heavy atom. The van der Waals surface area contributed by atoms with Crippen LogP contribution in [-0.2, 0) is 14.3 Å². The van der Waals surface area contributed by atoms with Gasteiger partial charge in [0.1, 0.15) is 6.54 Å². The molecule has 1 atom stereocenters. The molecule has 2 bridgehead atoms. The van der Waals surface area contributed by atoms with Crippen LogP contribution in [0.3, 0.4) is 0 Å². The first-order valence-electron chi connectivity index (χ1n) is 12.7. The largest absolute Gasteiger partial charge is 0.455 e. The van der Waals surface area contributed by atoms with Crippen molar-refractivity contribution in [1.29, 1.82) is 0 Å². The summed E-state index contributed by atoms with van der Waals surface area (Å²) in [6.45, 7) is 3.15. The molecule has 4 fully saturated rings. The van der Waals surface area contributed by atoms with Gasteiger partial charge in [0.25, 0.3) is 5.91 Å². The number of carbonyl (C=O) groups excluding carboxylic acids is 2. The minimum absolute atomic E-state index is 0.00365. The number of quaternary nitrogens is 1. The quantitative estimate of drug-likeness (QED) is 0.396. The summed E-state index contributed by atoms with van der Waals surface area (Å²) in [6, 6.07) is 3.68. The van der Waals surface area contributed by atoms with Crippen LogP contribution in [0.5, 0.6) is 0 Å². The molecule has 5 aliphatic rings. The third-order valence-corrected chi connectivity index (χ3v) is 8.46. The number of rotatable bonds is 6. The Morgan fingerprint density at radius 2 is 1.94 bits per heavy atom. The normalized spacial score (nSPS) is 30.4. The van der Waals surface area contributed by atoms with Crippen LogP contribution in [0.1, 0.15) is 57.8 Å². The molecule has 6 rings (SSSR count). The number of esters is 1. The van der Waals surface area contributed by atoms with Crippen LogP contribution in [0.4, 0.5) is 5.69 Å². The number of fused-ring (bicyclic) bond motifs is 3. The second-order valence-electron chi connectivity index (χ2n) is 10.5. The van der Waals surface area contributed by atoms with Crippen molar-refractivity contribution in [3.8, 4) is 0 Å². The number of carbonyl (C=O) groups is 2. The zero-order chi connectivity index (χ0) is 22.7. The molecule has 0 aromatic carbocycles. The molecule has 3 saturated heterocycles. The number of piperidine rings is 3. The van der Waals surface area contributed by atoms with Crippen molar-refractivity contribution in [2.24, 2.45) is 11.3 Å². The summed E-state index contributed by atoms with van der Waals surface area (Å²) in [5, 5.41) is 2.98. The molecule has 4 heterocycles. The second kappa shape index (κ2) is 9.41. The van der Waals surface area contributed by atoms with Gasteiger partial charge < -0.3 is 14.5 Å². The van der Waals surface area contributed by atoms with Crippen LogP contribution in [0.25, 0.3) is 0 Å². The average molecular weight is 451 g/mol. The molecule has 2 aliphatic carbocycles. The lowest BCUT2D eigenvalue weighted by atomic mass is 9.73. The first-order chi connectivity index (χ1) is 16.1. The number of nitrogens with zero attached hydrogens (tertiary/aromatic N) is 2. The predicted octanol–water partition coefficient (Wildman–Crippen LogP) is 4.40. The van der Waals surface area contributed by atoms with Gasteiger partial charge in [-0.1, -0.05) is 43.9 Å². The van der Waals surface area contributed by atoms with Gasteiger partial charge in [-0.3, -0.25) is 14.6 Å². The van der Waals surface area contributed by atoms with E-state index < -0.39 is 5.41 Å². The maximum atomic E-state index is 13.8. The number of hydrogen-bond acceptors (Lipinski definition) is 4. The lowest BCUT2D eigenvalue weighted by Gasteiger charge is -2.52. The van der Waals surface area contributed by atoms with Gasteiger partial charge in [0.2, 0.25) is 0 Å². The minimum atomic E-state index is -0.450. The van der Waals surface area contributed by atoms with Gasteiger partial charge in [-0.05, 0) is 37.0 Å². The first-order valence-corrected chi connectivity index (χ1v) is 12.7. The summed E-state index contributed by atoms with van der Waals surface area (Å²) in [5.41, 5.74) is 1.52. The number of pyridine rings is 1. The molecule has 1 aromatic heterocycles. The van der Waals surface area contributed by atoms with Crippen molar-refractivity contribution in [3.05, 3.63) is 48.3 Å². The molecule has 3 aliphatic heterocycles. The highest BCUT2D eigenvalue weighted by Gasteiger charge is 2.51. The van der Waals surface area contributed by atoms with Crippen molar-refractivity contribution in [2.75, 3.05) is 31.5 Å². The zero-order valence-electron chi connectivity index (χ0n) is 19.5. The van der Waals surface area contributed by atoms with Crippen LogP contribution in [0, 0.1) is 11.3 Å². The van der Waals surface area contributed by atoms with Gasteiger partial charge in [-0.2, -0.15) is 0 Å². The third-order valence-electron chi connectivity index (χ3n) is 8.46. The van der Waals surface area contributed by atoms with E-state index in [4.69, 9.17) is 4.74 Å². The number of allylic oxidation sites excluding steroid dienone is 3. The summed E-state index contributed by atoms with van der Waals surface area (Å²) in [7, 11) is 0. The van der Waals surface area contributed by atoms with E-state index in [0.717, 1.165) is 74.8 Å². The van der Waals surface area contributed by atoms with Crippen molar-refractivity contribution in [1.82, 2.24) is 4.98 Å². The van der Waals surface area contributed by atoms with Crippen LogP contribution in [-0.4, -0.2) is 53.6 Å². The minimum Gasteiger partial charge on any atom is -0.455 e. The van der Waals surface area contributed by atoms with Gasteiger partial charge in [0.05, 0.1) is 30.4 Å². The SMILES string of the molecule is O=C(C[N+]12CCC(CC1)[C@@H](OC(=O)C1(C3=CC=CC3)CCCCCC1)C2)Nc1cccnc1. The highest BCUT2D eigenvalue weighted by Crippen LogP contribution is 2.46. The number of ether oxygens (including phenoxy) is 1. The fraction of sp³-hybridized carbons (Fsp3) is 0.593. The monoisotopic (exact) mass is 450 g/mol. The van der Waals surface area contributed by atoms with E-state index in [-0.39, 0.29) is 18.0 Å². The average Bonchev–Trinajstić information content (AvgIpc) is 3.25. The molecule has 0 radical (unpaired) electrons. The van der Waals surface area contributed by atoms with E-state index in [0.29, 0.717) is 12.5 Å². The van der Waals surface area contributed by atoms with Gasteiger partial charge in [-0.15, -0.1) is 0 Å². The molecule has 0 spiro atoms. The molecule has 1 N–H and O–H groups in total. The molecular weight excluding hydrogens is 414 g/mol. The van der Waals surface area contributed by atoms with E-state index in [1.54, 1.807) is 12.4 Å². The highest BCUT2D eigenvalue weighted by molar-refractivity contribution is 5.91. The van der Waals surface area contributed by atoms with Crippen LogP contribution in [0.2, 0.25) is 0 Å². The maximum absolute atomic E-state index is 13.8. The Hall–Kier alpha value is -2.47. The van der Waals surface area contributed by atoms with Crippen molar-refractivity contribution >= 4 is 17.6 Å². The summed E-state index contributed by atoms with van der Waals surface area (Å²) in [6.07, 6.45) is 19.0. The predicted molar refractivity (Wildman–Crippen MR) is 127 cm³/mol. The van der Waals surface area contributed by atoms with E-state index >= 15 is 0 Å². The molecule has 6 nitrogen and oxygen atoms in total. The number of nitrogens with one attached hydrogen (secondary N) is 1. The van der Waals surface area contributed by atoms with E-state index in [2.05, 4.69) is 28.5 Å². The highest BCUT2D eigenvalue weighted by atomic mass is 16.5. The Labute approximate surface area is 196 Å². The lowest BCUT2D eigenvalue weighted by Crippen LogP contribution is -2.66. The van der Waals surface area contributed by atoms with Crippen molar-refractivity contribution in [3.63, 3.8) is 0 Å². The molecule has 1 amide bonds. The summed E-state index contributed by atoms with van der Waals surface area (Å²) in [4.78, 5) is 30.7. The van der Waals surface area contributed by atoms with Crippen molar-refractivity contribution < 1.29 is 18.8 Å². The number of hydrogen-bond donors (Lipinski definition) is 1. The summed E-state index contributed by atoms with van der Waals surface area (Å²) in [5.74, 6) is 0.431. The lowest BCUT2D eigenvalue weighted by molar-refractivity contribution is -0.939. The Bertz CT molecular complexity index is 923. The van der Waals surface area contributed by atoms with Gasteiger partial charge in [0.15, 0.2) is 12.6 Å². The van der Waals surface area contributed by atoms with Gasteiger partial charge in [0, 0.05) is 25.0 Å². The molecule has 33 heavy (non-hydrogen) atoms. The van der Waals surface area contributed by atoms with E-state index in [1.807, 2.05) is 12.1 Å². The summed E-state index contributed by atoms with van der Waals surface area (Å²) >= 11 is 0. The Kier molecular flexibility index (Phi) is 6.37. The summed E-state index contributed by atoms with van der Waals surface area (Å²) < 4.78 is 7.12. The molecule has 1 saturated carbocycles. The van der Waals surface area contributed by atoms with Gasteiger partial charge >= 0.3 is 5.97 Å². The smallest absolute Gasteiger partial charge is 0.316 e. The fourth-order valence-corrected chi connectivity index (χ4v) is 6.56. The van der Waals surface area contributed by atoms with Gasteiger partial charge in [-0.25, -0.2) is 0 Å². The molecule has 176 valence electrons. The topological polar surface area (TPSA) is 68.3 Å². The van der Waals surface area contributed by atoms with E-state index in [1.165, 1.54) is 18.4 Å². The zero-order valence-corrected chi connectivity index (χ0v) is 19.5. The van der Waals surface area contributed by atoms with E-state index in [9.17, 15) is 9.59 Å². The fourth-order valence-electron chi connectivity index (χ4n) is 6.56. The standard InChI is InChI=1S/C27H35N3O3/c31-25(29-23-10-7-15-28-18-23)20-30-16-11-21(12-17-30)24(19-30)33-26(32)27(22-8-3-4-9-22)13-5-1-2-6-14-27/h3-4,7-8,10,15,18,21,24H,1-2,5-6,9,11-14,16-17,19-20H2/p+1/t21?,24-,30?/m0/s1. The van der Waals surface area contributed by atoms with Crippen LogP contribution in [0.15, 0.2) is 48.3 Å². The van der Waals surface area contributed by atoms with Crippen molar-refractivity contribution in [2.45, 2.75) is 63.9 Å².